The summed E-state index contributed by atoms with van der Waals surface area (Å²) in [7, 11) is 5.09. The zero-order valence-electron chi connectivity index (χ0n) is 11.5. The van der Waals surface area contributed by atoms with Crippen LogP contribution < -0.4 is 10.6 Å². The molecule has 0 spiro atoms. The minimum Gasteiger partial charge on any atom is -0.385 e. The number of hydrogen-bond donors (Lipinski definition) is 2. The van der Waals surface area contributed by atoms with E-state index >= 15 is 0 Å². The number of ether oxygens (including phenoxy) is 1. The number of likely N-dealkylation sites (N-methyl/N-ethyl adjacent to an activating group) is 1. The van der Waals surface area contributed by atoms with E-state index in [-0.39, 0.29) is 12.5 Å². The fourth-order valence-corrected chi connectivity index (χ4v) is 1.05. The fraction of sp³-hybridized carbons (Fsp3) is 0.667. The molecule has 0 aliphatic heterocycles. The van der Waals surface area contributed by atoms with Gasteiger partial charge in [0.05, 0.1) is 0 Å². The van der Waals surface area contributed by atoms with Gasteiger partial charge in [0.1, 0.15) is 6.54 Å². The summed E-state index contributed by atoms with van der Waals surface area (Å²) in [6, 6.07) is 0. The van der Waals surface area contributed by atoms with Gasteiger partial charge in [-0.05, 0) is 6.42 Å². The Morgan fingerprint density at radius 3 is 2.72 bits per heavy atom. The third-order valence-electron chi connectivity index (χ3n) is 2.10. The second-order valence-corrected chi connectivity index (χ2v) is 3.90. The number of hydrogen-bond acceptors (Lipinski definition) is 3. The average Bonchev–Trinajstić information content (AvgIpc) is 2.36. The predicted octanol–water partition coefficient (Wildman–Crippen LogP) is -0.168. The Hall–Kier alpha value is -1.56. The maximum Gasteiger partial charge on any atom is 0.243 e. The van der Waals surface area contributed by atoms with E-state index in [1.165, 1.54) is 4.90 Å². The first-order valence-electron chi connectivity index (χ1n) is 5.94. The predicted molar refractivity (Wildman–Crippen MR) is 73.7 cm³/mol. The zero-order chi connectivity index (χ0) is 13.8. The van der Waals surface area contributed by atoms with Crippen LogP contribution in [0.3, 0.4) is 0 Å². The van der Waals surface area contributed by atoms with Crippen molar-refractivity contribution in [2.75, 3.05) is 47.4 Å². The van der Waals surface area contributed by atoms with Crippen LogP contribution in [0.15, 0.2) is 17.6 Å². The SMILES string of the molecule is C=CCNC(=NCC(=O)N(C)C)NCCCOC. The third-order valence-corrected chi connectivity index (χ3v) is 2.10. The molecule has 0 rings (SSSR count). The van der Waals surface area contributed by atoms with Gasteiger partial charge in [-0.25, -0.2) is 4.99 Å². The number of rotatable bonds is 8. The van der Waals surface area contributed by atoms with Gasteiger partial charge in [0, 0.05) is 40.9 Å². The van der Waals surface area contributed by atoms with E-state index in [0.29, 0.717) is 19.1 Å². The van der Waals surface area contributed by atoms with E-state index in [9.17, 15) is 4.79 Å². The molecule has 0 aliphatic carbocycles. The molecule has 0 aromatic heterocycles. The van der Waals surface area contributed by atoms with Crippen molar-refractivity contribution in [2.24, 2.45) is 4.99 Å². The Bertz CT molecular complexity index is 277. The molecule has 0 saturated carbocycles. The molecular formula is C12H24N4O2. The van der Waals surface area contributed by atoms with Crippen LogP contribution in [0.5, 0.6) is 0 Å². The number of nitrogens with zero attached hydrogens (tertiary/aromatic N) is 2. The zero-order valence-corrected chi connectivity index (χ0v) is 11.5. The lowest BCUT2D eigenvalue weighted by molar-refractivity contribution is -0.127. The van der Waals surface area contributed by atoms with Crippen molar-refractivity contribution in [3.8, 4) is 0 Å². The van der Waals surface area contributed by atoms with Crippen LogP contribution in [0.2, 0.25) is 0 Å². The van der Waals surface area contributed by atoms with Crippen molar-refractivity contribution in [1.82, 2.24) is 15.5 Å². The molecule has 18 heavy (non-hydrogen) atoms. The molecule has 6 nitrogen and oxygen atoms in total. The van der Waals surface area contributed by atoms with Crippen LogP contribution in [0.25, 0.3) is 0 Å². The first-order chi connectivity index (χ1) is 8.61. The highest BCUT2D eigenvalue weighted by Gasteiger charge is 2.03. The molecule has 0 aromatic carbocycles. The van der Waals surface area contributed by atoms with Crippen LogP contribution in [0, 0.1) is 0 Å². The molecule has 0 bridgehead atoms. The minimum atomic E-state index is -0.0356. The average molecular weight is 256 g/mol. The van der Waals surface area contributed by atoms with Crippen LogP contribution in [-0.4, -0.2) is 64.2 Å². The van der Waals surface area contributed by atoms with Gasteiger partial charge in [0.15, 0.2) is 5.96 Å². The van der Waals surface area contributed by atoms with Crippen molar-refractivity contribution in [3.63, 3.8) is 0 Å². The van der Waals surface area contributed by atoms with Crippen molar-refractivity contribution in [1.29, 1.82) is 0 Å². The Morgan fingerprint density at radius 1 is 1.44 bits per heavy atom. The largest absolute Gasteiger partial charge is 0.385 e. The van der Waals surface area contributed by atoms with Crippen LogP contribution in [0.1, 0.15) is 6.42 Å². The lowest BCUT2D eigenvalue weighted by atomic mass is 10.4. The Kier molecular flexibility index (Phi) is 9.67. The summed E-state index contributed by atoms with van der Waals surface area (Å²) in [5.41, 5.74) is 0. The lowest BCUT2D eigenvalue weighted by Crippen LogP contribution is -2.39. The number of nitrogens with one attached hydrogen (secondary N) is 2. The quantitative estimate of drug-likeness (QED) is 0.274. The molecule has 6 heteroatoms. The molecule has 0 radical (unpaired) electrons. The number of aliphatic imine (C=N–C) groups is 1. The fourth-order valence-electron chi connectivity index (χ4n) is 1.05. The molecule has 0 heterocycles. The minimum absolute atomic E-state index is 0.0356. The summed E-state index contributed by atoms with van der Waals surface area (Å²) in [5.74, 6) is 0.577. The third kappa shape index (κ3) is 8.58. The molecule has 104 valence electrons. The Morgan fingerprint density at radius 2 is 2.17 bits per heavy atom. The summed E-state index contributed by atoms with van der Waals surface area (Å²) in [5, 5.41) is 6.17. The standard InChI is InChI=1S/C12H24N4O2/c1-5-7-13-12(14-8-6-9-18-4)15-10-11(17)16(2)3/h5H,1,6-10H2,2-4H3,(H2,13,14,15). The summed E-state index contributed by atoms with van der Waals surface area (Å²) < 4.78 is 4.96. The maximum absolute atomic E-state index is 11.4. The van der Waals surface area contributed by atoms with E-state index < -0.39 is 0 Å². The van der Waals surface area contributed by atoms with Gasteiger partial charge in [0.2, 0.25) is 5.91 Å². The second kappa shape index (κ2) is 10.6. The lowest BCUT2D eigenvalue weighted by Gasteiger charge is -2.12. The monoisotopic (exact) mass is 256 g/mol. The molecular weight excluding hydrogens is 232 g/mol. The number of carbonyl (C=O) groups excluding carboxylic acids is 1. The highest BCUT2D eigenvalue weighted by Crippen LogP contribution is 1.83. The maximum atomic E-state index is 11.4. The normalized spacial score (nSPS) is 10.9. The van der Waals surface area contributed by atoms with E-state index in [4.69, 9.17) is 4.74 Å². The van der Waals surface area contributed by atoms with Crippen molar-refractivity contribution >= 4 is 11.9 Å². The van der Waals surface area contributed by atoms with Gasteiger partial charge in [-0.2, -0.15) is 0 Å². The summed E-state index contributed by atoms with van der Waals surface area (Å²) in [6.45, 7) is 5.79. The van der Waals surface area contributed by atoms with Crippen LogP contribution in [0.4, 0.5) is 0 Å². The summed E-state index contributed by atoms with van der Waals surface area (Å²) in [6.07, 6.45) is 2.62. The molecule has 0 saturated heterocycles. The Balaban J connectivity index is 4.14. The highest BCUT2D eigenvalue weighted by atomic mass is 16.5. The first-order valence-corrected chi connectivity index (χ1v) is 5.94. The van der Waals surface area contributed by atoms with Crippen molar-refractivity contribution < 1.29 is 9.53 Å². The smallest absolute Gasteiger partial charge is 0.243 e. The van der Waals surface area contributed by atoms with E-state index in [0.717, 1.165) is 13.0 Å². The molecule has 0 aromatic rings. The number of guanidine groups is 1. The van der Waals surface area contributed by atoms with Crippen LogP contribution in [-0.2, 0) is 9.53 Å². The molecule has 0 fully saturated rings. The van der Waals surface area contributed by atoms with Gasteiger partial charge in [0.25, 0.3) is 0 Å². The van der Waals surface area contributed by atoms with Gasteiger partial charge in [-0.3, -0.25) is 4.79 Å². The van der Waals surface area contributed by atoms with Crippen molar-refractivity contribution in [2.45, 2.75) is 6.42 Å². The van der Waals surface area contributed by atoms with Gasteiger partial charge < -0.3 is 20.3 Å². The van der Waals surface area contributed by atoms with Gasteiger partial charge >= 0.3 is 0 Å². The number of carbonyl (C=O) groups is 1. The van der Waals surface area contributed by atoms with Gasteiger partial charge in [-0.1, -0.05) is 6.08 Å². The molecule has 2 N–H and O–H groups in total. The summed E-state index contributed by atoms with van der Waals surface area (Å²) >= 11 is 0. The van der Waals surface area contributed by atoms with E-state index in [2.05, 4.69) is 22.2 Å². The molecule has 0 aliphatic rings. The number of amides is 1. The molecule has 1 amide bonds. The Labute approximate surface area is 109 Å². The van der Waals surface area contributed by atoms with E-state index in [1.54, 1.807) is 27.3 Å². The topological polar surface area (TPSA) is 66.0 Å². The highest BCUT2D eigenvalue weighted by molar-refractivity contribution is 5.84. The number of methoxy groups -OCH3 is 1. The van der Waals surface area contributed by atoms with Crippen molar-refractivity contribution in [3.05, 3.63) is 12.7 Å². The second-order valence-electron chi connectivity index (χ2n) is 3.90. The van der Waals surface area contributed by atoms with Crippen LogP contribution >= 0.6 is 0 Å². The first kappa shape index (κ1) is 16.4. The summed E-state index contributed by atoms with van der Waals surface area (Å²) in [4.78, 5) is 17.1. The molecule has 0 atom stereocenters. The molecule has 0 unspecified atom stereocenters. The van der Waals surface area contributed by atoms with E-state index in [1.807, 2.05) is 0 Å². The van der Waals surface area contributed by atoms with Gasteiger partial charge in [-0.15, -0.1) is 6.58 Å².